The van der Waals surface area contributed by atoms with Gasteiger partial charge in [-0.1, -0.05) is 0 Å². The quantitative estimate of drug-likeness (QED) is 0.560. The minimum atomic E-state index is -0.573. The smallest absolute Gasteiger partial charge is 0.356 e. The first kappa shape index (κ1) is 9.85. The van der Waals surface area contributed by atoms with Crippen molar-refractivity contribution in [2.45, 2.75) is 12.8 Å². The standard InChI is InChI=1S/C7H9ClN2O3/c1-2-13-6(11)5-4(3-8)9-7(12)10-5/h2-3H2,1H3,(H2,9,10,12). The first-order valence-corrected chi connectivity index (χ1v) is 4.26. The second-order valence-corrected chi connectivity index (χ2v) is 2.55. The van der Waals surface area contributed by atoms with E-state index in [4.69, 9.17) is 16.3 Å². The second kappa shape index (κ2) is 4.13. The highest BCUT2D eigenvalue weighted by atomic mass is 35.5. The molecule has 0 aliphatic rings. The maximum atomic E-state index is 11.2. The van der Waals surface area contributed by atoms with Crippen LogP contribution in [0.4, 0.5) is 0 Å². The fourth-order valence-electron chi connectivity index (χ4n) is 0.897. The lowest BCUT2D eigenvalue weighted by Gasteiger charge is -1.99. The molecule has 6 heteroatoms. The van der Waals surface area contributed by atoms with E-state index in [1.807, 2.05) is 0 Å². The Morgan fingerprint density at radius 2 is 2.23 bits per heavy atom. The van der Waals surface area contributed by atoms with Crippen molar-refractivity contribution in [3.63, 3.8) is 0 Å². The van der Waals surface area contributed by atoms with Crippen LogP contribution >= 0.6 is 11.6 Å². The normalized spacial score (nSPS) is 10.0. The summed E-state index contributed by atoms with van der Waals surface area (Å²) in [5.41, 5.74) is -0.00864. The average Bonchev–Trinajstić information content (AvgIpc) is 2.47. The molecule has 0 radical (unpaired) electrons. The number of carbonyl (C=O) groups is 1. The molecule has 0 fully saturated rings. The number of ether oxygens (including phenoxy) is 1. The van der Waals surface area contributed by atoms with Gasteiger partial charge in [-0.05, 0) is 6.92 Å². The molecule has 1 aromatic rings. The van der Waals surface area contributed by atoms with Crippen LogP contribution in [0.5, 0.6) is 0 Å². The van der Waals surface area contributed by atoms with Gasteiger partial charge in [0.05, 0.1) is 18.2 Å². The van der Waals surface area contributed by atoms with Crippen molar-refractivity contribution in [3.05, 3.63) is 21.9 Å². The number of hydrogen-bond donors (Lipinski definition) is 2. The Balaban J connectivity index is 2.98. The second-order valence-electron chi connectivity index (χ2n) is 2.29. The Morgan fingerprint density at radius 3 is 2.77 bits per heavy atom. The predicted molar refractivity (Wildman–Crippen MR) is 46.9 cm³/mol. The summed E-state index contributed by atoms with van der Waals surface area (Å²) in [7, 11) is 0. The molecule has 5 nitrogen and oxygen atoms in total. The first-order valence-electron chi connectivity index (χ1n) is 3.73. The van der Waals surface area contributed by atoms with Gasteiger partial charge in [0.25, 0.3) is 0 Å². The lowest BCUT2D eigenvalue weighted by molar-refractivity contribution is 0.0519. The van der Waals surface area contributed by atoms with E-state index in [1.165, 1.54) is 0 Å². The summed E-state index contributed by atoms with van der Waals surface area (Å²) in [4.78, 5) is 26.7. The highest BCUT2D eigenvalue weighted by Gasteiger charge is 2.14. The van der Waals surface area contributed by atoms with Crippen molar-refractivity contribution in [2.24, 2.45) is 0 Å². The van der Waals surface area contributed by atoms with Gasteiger partial charge in [0.2, 0.25) is 0 Å². The van der Waals surface area contributed by atoms with Crippen molar-refractivity contribution in [3.8, 4) is 0 Å². The number of aromatic amines is 2. The third-order valence-electron chi connectivity index (χ3n) is 1.42. The van der Waals surface area contributed by atoms with Crippen molar-refractivity contribution < 1.29 is 9.53 Å². The van der Waals surface area contributed by atoms with Crippen LogP contribution < -0.4 is 5.69 Å². The number of nitrogens with one attached hydrogen (secondary N) is 2. The van der Waals surface area contributed by atoms with Gasteiger partial charge in [-0.3, -0.25) is 4.98 Å². The number of carbonyl (C=O) groups excluding carboxylic acids is 1. The van der Waals surface area contributed by atoms with E-state index in [0.717, 1.165) is 0 Å². The molecular formula is C7H9ClN2O3. The van der Waals surface area contributed by atoms with Gasteiger partial charge in [-0.15, -0.1) is 11.6 Å². The van der Waals surface area contributed by atoms with Crippen LogP contribution in [0.25, 0.3) is 0 Å². The van der Waals surface area contributed by atoms with E-state index in [1.54, 1.807) is 6.92 Å². The van der Waals surface area contributed by atoms with Gasteiger partial charge in [-0.25, -0.2) is 9.59 Å². The molecule has 1 aromatic heterocycles. The van der Waals surface area contributed by atoms with E-state index >= 15 is 0 Å². The summed E-state index contributed by atoms with van der Waals surface area (Å²) in [5.74, 6) is -0.510. The van der Waals surface area contributed by atoms with Crippen molar-refractivity contribution in [1.29, 1.82) is 0 Å². The topological polar surface area (TPSA) is 75.0 Å². The lowest BCUT2D eigenvalue weighted by Crippen LogP contribution is -2.09. The van der Waals surface area contributed by atoms with Gasteiger partial charge in [-0.2, -0.15) is 0 Å². The fraction of sp³-hybridized carbons (Fsp3) is 0.429. The van der Waals surface area contributed by atoms with Gasteiger partial charge in [0.1, 0.15) is 5.69 Å². The molecule has 72 valence electrons. The molecule has 0 aliphatic heterocycles. The van der Waals surface area contributed by atoms with Crippen LogP contribution in [-0.4, -0.2) is 22.5 Å². The van der Waals surface area contributed by atoms with Gasteiger partial charge in [0, 0.05) is 0 Å². The fourth-order valence-corrected chi connectivity index (χ4v) is 1.10. The Hall–Kier alpha value is -1.23. The molecular weight excluding hydrogens is 196 g/mol. The third-order valence-corrected chi connectivity index (χ3v) is 1.69. The highest BCUT2D eigenvalue weighted by molar-refractivity contribution is 6.17. The first-order chi connectivity index (χ1) is 6.19. The molecule has 0 unspecified atom stereocenters. The number of esters is 1. The monoisotopic (exact) mass is 204 g/mol. The molecule has 0 amide bonds. The predicted octanol–water partition coefficient (Wildman–Crippen LogP) is 0.618. The molecule has 2 N–H and O–H groups in total. The zero-order chi connectivity index (χ0) is 9.84. The number of imidazole rings is 1. The minimum Gasteiger partial charge on any atom is -0.461 e. The van der Waals surface area contributed by atoms with Gasteiger partial charge >= 0.3 is 11.7 Å². The summed E-state index contributed by atoms with van der Waals surface area (Å²) >= 11 is 5.49. The van der Waals surface area contributed by atoms with Crippen LogP contribution in [-0.2, 0) is 10.6 Å². The summed E-state index contributed by atoms with van der Waals surface area (Å²) in [6, 6.07) is 0. The molecule has 0 saturated carbocycles. The number of alkyl halides is 1. The molecule has 0 atom stereocenters. The number of hydrogen-bond acceptors (Lipinski definition) is 3. The Kier molecular flexibility index (Phi) is 3.13. The van der Waals surface area contributed by atoms with E-state index in [0.29, 0.717) is 5.69 Å². The maximum absolute atomic E-state index is 11.2. The number of aromatic nitrogens is 2. The maximum Gasteiger partial charge on any atom is 0.356 e. The number of H-pyrrole nitrogens is 2. The average molecular weight is 205 g/mol. The summed E-state index contributed by atoms with van der Waals surface area (Å²) in [5, 5.41) is 0. The molecule has 1 rings (SSSR count). The summed E-state index contributed by atoms with van der Waals surface area (Å²) < 4.78 is 4.70. The minimum absolute atomic E-state index is 0.0624. The van der Waals surface area contributed by atoms with E-state index in [9.17, 15) is 9.59 Å². The lowest BCUT2D eigenvalue weighted by atomic mass is 10.3. The van der Waals surface area contributed by atoms with Crippen molar-refractivity contribution in [1.82, 2.24) is 9.97 Å². The van der Waals surface area contributed by atoms with Crippen molar-refractivity contribution in [2.75, 3.05) is 6.61 Å². The SMILES string of the molecule is CCOC(=O)c1[nH]c(=O)[nH]c1CCl. The largest absolute Gasteiger partial charge is 0.461 e. The van der Waals surface area contributed by atoms with E-state index < -0.39 is 11.7 Å². The van der Waals surface area contributed by atoms with Crippen LogP contribution in [0.15, 0.2) is 4.79 Å². The van der Waals surface area contributed by atoms with Gasteiger partial charge in [0.15, 0.2) is 0 Å². The molecule has 0 aromatic carbocycles. The molecule has 0 aliphatic carbocycles. The number of halogens is 1. The van der Waals surface area contributed by atoms with E-state index in [2.05, 4.69) is 9.97 Å². The Bertz CT molecular complexity index is 355. The number of rotatable bonds is 3. The Labute approximate surface area is 79.1 Å². The Morgan fingerprint density at radius 1 is 1.54 bits per heavy atom. The van der Waals surface area contributed by atoms with Crippen LogP contribution in [0.2, 0.25) is 0 Å². The molecule has 1 heterocycles. The van der Waals surface area contributed by atoms with Crippen LogP contribution in [0.3, 0.4) is 0 Å². The molecule has 0 bridgehead atoms. The van der Waals surface area contributed by atoms with Crippen molar-refractivity contribution >= 4 is 17.6 Å². The van der Waals surface area contributed by atoms with Gasteiger partial charge < -0.3 is 9.72 Å². The molecule has 0 saturated heterocycles. The highest BCUT2D eigenvalue weighted by Crippen LogP contribution is 2.05. The zero-order valence-electron chi connectivity index (χ0n) is 7.02. The van der Waals surface area contributed by atoms with Crippen LogP contribution in [0, 0.1) is 0 Å². The summed E-state index contributed by atoms with van der Waals surface area (Å²) in [6.07, 6.45) is 0. The molecule has 13 heavy (non-hydrogen) atoms. The van der Waals surface area contributed by atoms with Crippen LogP contribution in [0.1, 0.15) is 23.1 Å². The zero-order valence-corrected chi connectivity index (χ0v) is 7.77. The third kappa shape index (κ3) is 2.12. The summed E-state index contributed by atoms with van der Waals surface area (Å²) in [6.45, 7) is 1.94. The molecule has 0 spiro atoms. The van der Waals surface area contributed by atoms with E-state index in [-0.39, 0.29) is 18.2 Å².